The normalized spacial score (nSPS) is 11.5. The van der Waals surface area contributed by atoms with Gasteiger partial charge in [0.2, 0.25) is 0 Å². The molecule has 2 N–H and O–H groups in total. The van der Waals surface area contributed by atoms with Gasteiger partial charge >= 0.3 is 6.18 Å². The Balaban J connectivity index is 0.00000392. The van der Waals surface area contributed by atoms with Gasteiger partial charge in [-0.15, -0.1) is 35.3 Å². The zero-order valence-electron chi connectivity index (χ0n) is 15.5. The molecule has 0 amide bonds. The highest BCUT2D eigenvalue weighted by Gasteiger charge is 2.29. The molecule has 0 aliphatic heterocycles. The predicted molar refractivity (Wildman–Crippen MR) is 116 cm³/mol. The van der Waals surface area contributed by atoms with Gasteiger partial charge in [0.1, 0.15) is 0 Å². The molecule has 1 heterocycles. The minimum atomic E-state index is -4.40. The Bertz CT molecular complexity index is 740. The highest BCUT2D eigenvalue weighted by Crippen LogP contribution is 2.30. The molecule has 0 aliphatic rings. The van der Waals surface area contributed by atoms with Gasteiger partial charge in [-0.25, -0.2) is 4.99 Å². The predicted octanol–water partition coefficient (Wildman–Crippen LogP) is 4.57. The van der Waals surface area contributed by atoms with Crippen LogP contribution >= 0.6 is 35.3 Å². The molecule has 0 unspecified atom stereocenters. The Hall–Kier alpha value is -1.69. The van der Waals surface area contributed by atoms with Crippen molar-refractivity contribution < 1.29 is 22.6 Å². The molecule has 0 bridgehead atoms. The van der Waals surface area contributed by atoms with Crippen LogP contribution in [0, 0.1) is 0 Å². The van der Waals surface area contributed by atoms with Crippen LogP contribution in [0.15, 0.2) is 40.7 Å². The number of guanidine groups is 1. The summed E-state index contributed by atoms with van der Waals surface area (Å²) in [6.07, 6.45) is -4.40. The lowest BCUT2D eigenvalue weighted by atomic mass is 10.2. The molecule has 0 fully saturated rings. The van der Waals surface area contributed by atoms with E-state index in [0.717, 1.165) is 5.56 Å². The van der Waals surface area contributed by atoms with Crippen LogP contribution < -0.4 is 20.1 Å². The van der Waals surface area contributed by atoms with Gasteiger partial charge in [-0.05, 0) is 36.1 Å². The minimum Gasteiger partial charge on any atom is -0.493 e. The highest BCUT2D eigenvalue weighted by atomic mass is 127. The number of halogens is 4. The fraction of sp³-hybridized carbons (Fsp3) is 0.389. The third-order valence-electron chi connectivity index (χ3n) is 3.39. The SMILES string of the molecule is CCNC(=NCc1ccc(OCC(F)(F)F)c(OC)c1)NCc1cccs1.I. The van der Waals surface area contributed by atoms with E-state index < -0.39 is 12.8 Å². The summed E-state index contributed by atoms with van der Waals surface area (Å²) in [4.78, 5) is 5.68. The van der Waals surface area contributed by atoms with Crippen molar-refractivity contribution in [3.05, 3.63) is 46.2 Å². The Morgan fingerprint density at radius 2 is 1.96 bits per heavy atom. The number of alkyl halides is 3. The van der Waals surface area contributed by atoms with Gasteiger partial charge in [0.25, 0.3) is 0 Å². The monoisotopic (exact) mass is 529 g/mol. The lowest BCUT2D eigenvalue weighted by Gasteiger charge is -2.14. The number of rotatable bonds is 8. The first-order valence-electron chi connectivity index (χ1n) is 8.32. The van der Waals surface area contributed by atoms with E-state index in [2.05, 4.69) is 15.6 Å². The first-order chi connectivity index (χ1) is 12.9. The van der Waals surface area contributed by atoms with Gasteiger partial charge < -0.3 is 20.1 Å². The molecule has 5 nitrogen and oxygen atoms in total. The maximum absolute atomic E-state index is 12.3. The van der Waals surface area contributed by atoms with Crippen molar-refractivity contribution in [3.8, 4) is 11.5 Å². The number of methoxy groups -OCH3 is 1. The summed E-state index contributed by atoms with van der Waals surface area (Å²) in [5.41, 5.74) is 0.791. The molecule has 0 atom stereocenters. The first kappa shape index (κ1) is 24.3. The molecule has 10 heteroatoms. The number of nitrogens with zero attached hydrogens (tertiary/aromatic N) is 1. The lowest BCUT2D eigenvalue weighted by molar-refractivity contribution is -0.153. The van der Waals surface area contributed by atoms with Crippen molar-refractivity contribution in [3.63, 3.8) is 0 Å². The third kappa shape index (κ3) is 8.55. The first-order valence-corrected chi connectivity index (χ1v) is 9.20. The molecule has 0 radical (unpaired) electrons. The van der Waals surface area contributed by atoms with Crippen LogP contribution in [0.1, 0.15) is 17.4 Å². The number of ether oxygens (including phenoxy) is 2. The number of hydrogen-bond acceptors (Lipinski definition) is 4. The average Bonchev–Trinajstić information content (AvgIpc) is 3.15. The van der Waals surface area contributed by atoms with E-state index >= 15 is 0 Å². The Kier molecular flexibility index (Phi) is 10.4. The topological polar surface area (TPSA) is 54.9 Å². The van der Waals surface area contributed by atoms with Crippen molar-refractivity contribution in [2.45, 2.75) is 26.2 Å². The molecule has 156 valence electrons. The van der Waals surface area contributed by atoms with E-state index in [0.29, 0.717) is 25.6 Å². The summed E-state index contributed by atoms with van der Waals surface area (Å²) >= 11 is 1.65. The molecule has 2 aromatic rings. The number of nitrogens with one attached hydrogen (secondary N) is 2. The highest BCUT2D eigenvalue weighted by molar-refractivity contribution is 14.0. The number of thiophene rings is 1. The summed E-state index contributed by atoms with van der Waals surface area (Å²) in [5, 5.41) is 8.40. The van der Waals surface area contributed by atoms with Crippen molar-refractivity contribution in [1.82, 2.24) is 10.6 Å². The van der Waals surface area contributed by atoms with Crippen LogP contribution in [0.3, 0.4) is 0 Å². The molecule has 0 saturated heterocycles. The van der Waals surface area contributed by atoms with Crippen molar-refractivity contribution in [1.29, 1.82) is 0 Å². The molecule has 2 rings (SSSR count). The second-order valence-corrected chi connectivity index (χ2v) is 6.55. The molecule has 1 aromatic carbocycles. The maximum Gasteiger partial charge on any atom is 0.422 e. The molecular formula is C18H23F3IN3O2S. The standard InChI is InChI=1S/C18H22F3N3O2S.HI/c1-3-22-17(24-11-14-5-4-8-27-14)23-10-13-6-7-15(16(9-13)25-2)26-12-18(19,20)21;/h4-9H,3,10-12H2,1-2H3,(H2,22,23,24);1H. The zero-order chi connectivity index (χ0) is 19.7. The summed E-state index contributed by atoms with van der Waals surface area (Å²) in [7, 11) is 1.38. The van der Waals surface area contributed by atoms with Crippen LogP contribution in [0.25, 0.3) is 0 Å². The van der Waals surface area contributed by atoms with Crippen molar-refractivity contribution >= 4 is 41.3 Å². The molecule has 1 aromatic heterocycles. The number of hydrogen-bond donors (Lipinski definition) is 2. The van der Waals surface area contributed by atoms with Crippen molar-refractivity contribution in [2.24, 2.45) is 4.99 Å². The minimum absolute atomic E-state index is 0. The number of aliphatic imine (C=N–C) groups is 1. The average molecular weight is 529 g/mol. The quantitative estimate of drug-likeness (QED) is 0.299. The molecular weight excluding hydrogens is 506 g/mol. The van der Waals surface area contributed by atoms with E-state index in [4.69, 9.17) is 9.47 Å². The molecule has 0 saturated carbocycles. The van der Waals surface area contributed by atoms with Crippen LogP contribution in [-0.2, 0) is 13.1 Å². The fourth-order valence-corrected chi connectivity index (χ4v) is 2.83. The smallest absolute Gasteiger partial charge is 0.422 e. The van der Waals surface area contributed by atoms with E-state index in [9.17, 15) is 13.2 Å². The van der Waals surface area contributed by atoms with E-state index in [1.807, 2.05) is 24.4 Å². The molecule has 28 heavy (non-hydrogen) atoms. The third-order valence-corrected chi connectivity index (χ3v) is 4.27. The second-order valence-electron chi connectivity index (χ2n) is 5.52. The zero-order valence-corrected chi connectivity index (χ0v) is 18.7. The Morgan fingerprint density at radius 1 is 1.18 bits per heavy atom. The van der Waals surface area contributed by atoms with E-state index in [-0.39, 0.29) is 35.5 Å². The van der Waals surface area contributed by atoms with E-state index in [1.165, 1.54) is 18.1 Å². The molecule has 0 spiro atoms. The fourth-order valence-electron chi connectivity index (χ4n) is 2.19. The summed E-state index contributed by atoms with van der Waals surface area (Å²) < 4.78 is 46.9. The van der Waals surface area contributed by atoms with Gasteiger partial charge in [-0.3, -0.25) is 0 Å². The van der Waals surface area contributed by atoms with Gasteiger partial charge in [0, 0.05) is 11.4 Å². The number of benzene rings is 1. The van der Waals surface area contributed by atoms with Crippen LogP contribution in [-0.4, -0.2) is 32.4 Å². The van der Waals surface area contributed by atoms with E-state index in [1.54, 1.807) is 23.5 Å². The summed E-state index contributed by atoms with van der Waals surface area (Å²) in [5.74, 6) is 0.941. The summed E-state index contributed by atoms with van der Waals surface area (Å²) in [6, 6.07) is 8.77. The van der Waals surface area contributed by atoms with Gasteiger partial charge in [0.05, 0.1) is 20.2 Å². The van der Waals surface area contributed by atoms with Crippen LogP contribution in [0.4, 0.5) is 13.2 Å². The van der Waals surface area contributed by atoms with Gasteiger partial charge in [-0.2, -0.15) is 13.2 Å². The summed E-state index contributed by atoms with van der Waals surface area (Å²) in [6.45, 7) is 2.33. The van der Waals surface area contributed by atoms with Crippen LogP contribution in [0.2, 0.25) is 0 Å². The largest absolute Gasteiger partial charge is 0.493 e. The van der Waals surface area contributed by atoms with Gasteiger partial charge in [0.15, 0.2) is 24.1 Å². The lowest BCUT2D eigenvalue weighted by Crippen LogP contribution is -2.36. The second kappa shape index (κ2) is 12.0. The Morgan fingerprint density at radius 3 is 2.57 bits per heavy atom. The molecule has 0 aliphatic carbocycles. The van der Waals surface area contributed by atoms with Gasteiger partial charge in [-0.1, -0.05) is 12.1 Å². The van der Waals surface area contributed by atoms with Crippen molar-refractivity contribution in [2.75, 3.05) is 20.3 Å². The van der Waals surface area contributed by atoms with Crippen LogP contribution in [0.5, 0.6) is 11.5 Å². The Labute approximate surface area is 183 Å². The maximum atomic E-state index is 12.3.